The van der Waals surface area contributed by atoms with Gasteiger partial charge in [-0.2, -0.15) is 0 Å². The van der Waals surface area contributed by atoms with Crippen molar-refractivity contribution in [2.24, 2.45) is 5.92 Å². The quantitative estimate of drug-likeness (QED) is 0.833. The Kier molecular flexibility index (Phi) is 5.24. The van der Waals surface area contributed by atoms with Gasteiger partial charge in [0.25, 0.3) is 0 Å². The van der Waals surface area contributed by atoms with E-state index < -0.39 is 0 Å². The van der Waals surface area contributed by atoms with Gasteiger partial charge >= 0.3 is 0 Å². The van der Waals surface area contributed by atoms with Gasteiger partial charge in [-0.1, -0.05) is 12.8 Å². The molecule has 114 valence electrons. The molecule has 2 N–H and O–H groups in total. The molecular weight excluding hydrogens is 270 g/mol. The van der Waals surface area contributed by atoms with Crippen molar-refractivity contribution >= 4 is 17.7 Å². The Morgan fingerprint density at radius 2 is 1.80 bits per heavy atom. The summed E-state index contributed by atoms with van der Waals surface area (Å²) < 4.78 is 0. The highest BCUT2D eigenvalue weighted by molar-refractivity contribution is 8.00. The smallest absolute Gasteiger partial charge is 0.232 e. The summed E-state index contributed by atoms with van der Waals surface area (Å²) in [4.78, 5) is 14.8. The lowest BCUT2D eigenvalue weighted by Gasteiger charge is -2.44. The fraction of sp³-hybridized carbons (Fsp3) is 0.933. The van der Waals surface area contributed by atoms with Gasteiger partial charge in [0.1, 0.15) is 5.50 Å². The highest BCUT2D eigenvalue weighted by Crippen LogP contribution is 2.35. The first-order chi connectivity index (χ1) is 9.84. The lowest BCUT2D eigenvalue weighted by molar-refractivity contribution is -0.134. The number of rotatable bonds is 3. The van der Waals surface area contributed by atoms with Crippen LogP contribution >= 0.6 is 11.8 Å². The fourth-order valence-electron chi connectivity index (χ4n) is 3.92. The number of nitrogens with zero attached hydrogens (tertiary/aromatic N) is 1. The average molecular weight is 297 g/mol. The van der Waals surface area contributed by atoms with E-state index in [9.17, 15) is 4.79 Å². The molecule has 5 heteroatoms. The van der Waals surface area contributed by atoms with E-state index in [4.69, 9.17) is 0 Å². The molecule has 0 spiro atoms. The Labute approximate surface area is 126 Å². The zero-order chi connectivity index (χ0) is 13.8. The van der Waals surface area contributed by atoms with Crippen LogP contribution in [-0.2, 0) is 4.79 Å². The predicted molar refractivity (Wildman–Crippen MR) is 83.6 cm³/mol. The van der Waals surface area contributed by atoms with Crippen molar-refractivity contribution in [3.8, 4) is 0 Å². The molecule has 0 aromatic heterocycles. The molecule has 0 radical (unpaired) electrons. The number of thioether (sulfide) groups is 1. The van der Waals surface area contributed by atoms with E-state index in [2.05, 4.69) is 15.5 Å². The van der Waals surface area contributed by atoms with Crippen LogP contribution in [0.5, 0.6) is 0 Å². The van der Waals surface area contributed by atoms with Gasteiger partial charge in [0.15, 0.2) is 0 Å². The van der Waals surface area contributed by atoms with Gasteiger partial charge < -0.3 is 4.90 Å². The normalized spacial score (nSPS) is 31.9. The van der Waals surface area contributed by atoms with Gasteiger partial charge in [0, 0.05) is 12.6 Å². The van der Waals surface area contributed by atoms with Gasteiger partial charge in [-0.15, -0.1) is 11.8 Å². The van der Waals surface area contributed by atoms with Crippen LogP contribution in [0.4, 0.5) is 0 Å². The molecule has 2 saturated heterocycles. The number of hydrogen-bond acceptors (Lipinski definition) is 4. The third kappa shape index (κ3) is 3.49. The number of carbonyl (C=O) groups excluding carboxylic acids is 1. The van der Waals surface area contributed by atoms with Crippen LogP contribution in [0.2, 0.25) is 0 Å². The molecule has 3 fully saturated rings. The van der Waals surface area contributed by atoms with E-state index in [0.29, 0.717) is 17.7 Å². The number of hydrogen-bond donors (Lipinski definition) is 2. The van der Waals surface area contributed by atoms with Gasteiger partial charge in [-0.05, 0) is 51.1 Å². The first-order valence-corrected chi connectivity index (χ1v) is 9.27. The van der Waals surface area contributed by atoms with Crippen molar-refractivity contribution < 1.29 is 4.79 Å². The lowest BCUT2D eigenvalue weighted by atomic mass is 9.78. The molecule has 20 heavy (non-hydrogen) atoms. The summed E-state index contributed by atoms with van der Waals surface area (Å²) in [6.07, 6.45) is 8.98. The van der Waals surface area contributed by atoms with Crippen LogP contribution in [0.3, 0.4) is 0 Å². The molecular formula is C15H27N3OS. The monoisotopic (exact) mass is 297 g/mol. The minimum atomic E-state index is 0.264. The minimum absolute atomic E-state index is 0.264. The maximum Gasteiger partial charge on any atom is 0.232 e. The van der Waals surface area contributed by atoms with Crippen LogP contribution in [0.15, 0.2) is 0 Å². The Balaban J connectivity index is 1.50. The van der Waals surface area contributed by atoms with Crippen LogP contribution in [-0.4, -0.2) is 47.7 Å². The zero-order valence-electron chi connectivity index (χ0n) is 12.3. The summed E-state index contributed by atoms with van der Waals surface area (Å²) in [6.45, 7) is 3.12. The maximum atomic E-state index is 12.5. The SMILES string of the molecule is O=C(CSC1NCCCN1)N1CCCC2CCCCC21. The minimum Gasteiger partial charge on any atom is -0.339 e. The highest BCUT2D eigenvalue weighted by atomic mass is 32.2. The molecule has 0 bridgehead atoms. The Bertz CT molecular complexity index is 331. The Morgan fingerprint density at radius 1 is 1.05 bits per heavy atom. The van der Waals surface area contributed by atoms with Gasteiger partial charge in [-0.25, -0.2) is 0 Å². The van der Waals surface area contributed by atoms with Crippen molar-refractivity contribution in [3.05, 3.63) is 0 Å². The van der Waals surface area contributed by atoms with Crippen LogP contribution < -0.4 is 10.6 Å². The molecule has 2 unspecified atom stereocenters. The molecule has 1 aliphatic carbocycles. The number of carbonyl (C=O) groups is 1. The fourth-order valence-corrected chi connectivity index (χ4v) is 4.86. The maximum absolute atomic E-state index is 12.5. The molecule has 1 saturated carbocycles. The van der Waals surface area contributed by atoms with Gasteiger partial charge in [-0.3, -0.25) is 15.4 Å². The van der Waals surface area contributed by atoms with Crippen molar-refractivity contribution in [3.63, 3.8) is 0 Å². The van der Waals surface area contributed by atoms with Gasteiger partial charge in [0.2, 0.25) is 5.91 Å². The summed E-state index contributed by atoms with van der Waals surface area (Å²) in [5.74, 6) is 1.77. The van der Waals surface area contributed by atoms with Crippen LogP contribution in [0.25, 0.3) is 0 Å². The molecule has 2 atom stereocenters. The molecule has 1 amide bonds. The number of amides is 1. The molecule has 3 rings (SSSR count). The topological polar surface area (TPSA) is 44.4 Å². The highest BCUT2D eigenvalue weighted by Gasteiger charge is 2.35. The van der Waals surface area contributed by atoms with Gasteiger partial charge in [0.05, 0.1) is 5.75 Å². The van der Waals surface area contributed by atoms with Crippen molar-refractivity contribution in [1.29, 1.82) is 0 Å². The lowest BCUT2D eigenvalue weighted by Crippen LogP contribution is -2.51. The number of fused-ring (bicyclic) bond motifs is 1. The molecule has 2 heterocycles. The van der Waals surface area contributed by atoms with E-state index in [1.807, 2.05) is 0 Å². The third-order valence-corrected chi connectivity index (χ3v) is 6.03. The summed E-state index contributed by atoms with van der Waals surface area (Å²) in [7, 11) is 0. The summed E-state index contributed by atoms with van der Waals surface area (Å²) >= 11 is 1.73. The largest absolute Gasteiger partial charge is 0.339 e. The van der Waals surface area contributed by atoms with E-state index in [1.54, 1.807) is 11.8 Å². The first kappa shape index (κ1) is 14.7. The van der Waals surface area contributed by atoms with Crippen LogP contribution in [0, 0.1) is 5.92 Å². The van der Waals surface area contributed by atoms with E-state index in [0.717, 1.165) is 25.6 Å². The average Bonchev–Trinajstić information content (AvgIpc) is 2.53. The number of likely N-dealkylation sites (tertiary alicyclic amines) is 1. The molecule has 4 nitrogen and oxygen atoms in total. The molecule has 3 aliphatic rings. The second-order valence-corrected chi connectivity index (χ2v) is 7.39. The second kappa shape index (κ2) is 7.14. The van der Waals surface area contributed by atoms with E-state index in [1.165, 1.54) is 44.9 Å². The zero-order valence-corrected chi connectivity index (χ0v) is 13.1. The Morgan fingerprint density at radius 3 is 2.65 bits per heavy atom. The summed E-state index contributed by atoms with van der Waals surface area (Å²) in [6, 6.07) is 0.554. The number of nitrogens with one attached hydrogen (secondary N) is 2. The Hall–Kier alpha value is -0.260. The first-order valence-electron chi connectivity index (χ1n) is 8.22. The van der Waals surface area contributed by atoms with E-state index >= 15 is 0 Å². The van der Waals surface area contributed by atoms with Crippen molar-refractivity contribution in [2.75, 3.05) is 25.4 Å². The molecule has 0 aromatic rings. The predicted octanol–water partition coefficient (Wildman–Crippen LogP) is 1.77. The van der Waals surface area contributed by atoms with Crippen molar-refractivity contribution in [1.82, 2.24) is 15.5 Å². The molecule has 2 aliphatic heterocycles. The standard InChI is InChI=1S/C15H27N3OS/c19-14(11-20-15-16-8-4-9-17-15)18-10-3-6-12-5-1-2-7-13(12)18/h12-13,15-17H,1-11H2. The summed E-state index contributed by atoms with van der Waals surface area (Å²) in [5, 5.41) is 6.83. The van der Waals surface area contributed by atoms with Crippen LogP contribution in [0.1, 0.15) is 44.9 Å². The van der Waals surface area contributed by atoms with E-state index in [-0.39, 0.29) is 5.50 Å². The second-order valence-electron chi connectivity index (χ2n) is 6.29. The molecule has 0 aromatic carbocycles. The summed E-state index contributed by atoms with van der Waals surface area (Å²) in [5.41, 5.74) is 0.264. The van der Waals surface area contributed by atoms with Crippen molar-refractivity contribution in [2.45, 2.75) is 56.5 Å². The third-order valence-electron chi connectivity index (χ3n) is 4.95. The number of piperidine rings is 1.